The zero-order valence-electron chi connectivity index (χ0n) is 8.79. The predicted octanol–water partition coefficient (Wildman–Crippen LogP) is 2.96. The summed E-state index contributed by atoms with van der Waals surface area (Å²) in [5, 5.41) is 15.3. The molecule has 0 aliphatic rings. The Labute approximate surface area is 110 Å². The largest absolute Gasteiger partial charge is 0.300 e. The van der Waals surface area contributed by atoms with E-state index in [0.717, 1.165) is 0 Å². The van der Waals surface area contributed by atoms with Gasteiger partial charge >= 0.3 is 5.69 Å². The highest BCUT2D eigenvalue weighted by molar-refractivity contribution is 7.13. The Morgan fingerprint density at radius 2 is 2.28 bits per heavy atom. The van der Waals surface area contributed by atoms with E-state index in [1.165, 1.54) is 35.7 Å². The topological polar surface area (TPSA) is 85.1 Å². The average Bonchev–Trinajstić information content (AvgIpc) is 2.80. The molecule has 1 N–H and O–H groups in total. The fourth-order valence-electron chi connectivity index (χ4n) is 1.33. The summed E-state index contributed by atoms with van der Waals surface area (Å²) in [5.74, 6) is -0.612. The summed E-state index contributed by atoms with van der Waals surface area (Å²) in [4.78, 5) is 25.9. The number of para-hydroxylation sites is 1. The van der Waals surface area contributed by atoms with Crippen LogP contribution in [0.4, 0.5) is 10.8 Å². The summed E-state index contributed by atoms with van der Waals surface area (Å²) in [5.41, 5.74) is -0.504. The van der Waals surface area contributed by atoms with E-state index in [-0.39, 0.29) is 10.6 Å². The third kappa shape index (κ3) is 2.47. The van der Waals surface area contributed by atoms with Crippen LogP contribution >= 0.6 is 22.9 Å². The number of hydrogen-bond acceptors (Lipinski definition) is 5. The van der Waals surface area contributed by atoms with Crippen molar-refractivity contribution in [2.45, 2.75) is 0 Å². The number of nitrogens with one attached hydrogen (secondary N) is 1. The van der Waals surface area contributed by atoms with Crippen molar-refractivity contribution in [2.75, 3.05) is 5.32 Å². The number of nitro groups is 1. The maximum absolute atomic E-state index is 11.9. The number of nitrogens with zero attached hydrogens (tertiary/aromatic N) is 2. The molecule has 0 saturated heterocycles. The van der Waals surface area contributed by atoms with Crippen LogP contribution in [-0.2, 0) is 0 Å². The summed E-state index contributed by atoms with van der Waals surface area (Å²) >= 11 is 6.93. The van der Waals surface area contributed by atoms with Crippen LogP contribution in [0, 0.1) is 10.1 Å². The fraction of sp³-hybridized carbons (Fsp3) is 0. The second kappa shape index (κ2) is 5.11. The minimum absolute atomic E-state index is 0.0770. The number of carbonyl (C=O) groups is 1. The number of thiazole rings is 1. The first-order chi connectivity index (χ1) is 8.59. The van der Waals surface area contributed by atoms with Crippen LogP contribution in [0.1, 0.15) is 10.4 Å². The number of rotatable bonds is 3. The predicted molar refractivity (Wildman–Crippen MR) is 68.2 cm³/mol. The molecular weight excluding hydrogens is 278 g/mol. The molecule has 18 heavy (non-hydrogen) atoms. The molecule has 0 spiro atoms. The summed E-state index contributed by atoms with van der Waals surface area (Å²) in [6, 6.07) is 4.18. The lowest BCUT2D eigenvalue weighted by Crippen LogP contribution is -2.13. The Morgan fingerprint density at radius 1 is 1.50 bits per heavy atom. The van der Waals surface area contributed by atoms with Crippen molar-refractivity contribution in [3.05, 3.63) is 50.5 Å². The van der Waals surface area contributed by atoms with Crippen LogP contribution in [0.3, 0.4) is 0 Å². The number of anilines is 1. The number of nitro benzene ring substituents is 1. The van der Waals surface area contributed by atoms with E-state index < -0.39 is 16.5 Å². The molecule has 0 fully saturated rings. The van der Waals surface area contributed by atoms with E-state index in [0.29, 0.717) is 5.13 Å². The van der Waals surface area contributed by atoms with Crippen molar-refractivity contribution in [3.8, 4) is 0 Å². The molecule has 1 heterocycles. The SMILES string of the molecule is O=C(Nc1nccs1)c1cccc(Cl)c1[N+](=O)[O-]. The number of carbonyl (C=O) groups excluding carboxylic acids is 1. The van der Waals surface area contributed by atoms with Crippen molar-refractivity contribution in [1.82, 2.24) is 4.98 Å². The number of hydrogen-bond donors (Lipinski definition) is 1. The average molecular weight is 284 g/mol. The molecule has 8 heteroatoms. The number of benzene rings is 1. The molecule has 2 rings (SSSR count). The van der Waals surface area contributed by atoms with Gasteiger partial charge in [0.05, 0.1) is 4.92 Å². The van der Waals surface area contributed by atoms with Gasteiger partial charge in [-0.2, -0.15) is 0 Å². The van der Waals surface area contributed by atoms with Gasteiger partial charge in [-0.05, 0) is 12.1 Å². The van der Waals surface area contributed by atoms with E-state index in [2.05, 4.69) is 10.3 Å². The molecular formula is C10H6ClN3O3S. The monoisotopic (exact) mass is 283 g/mol. The summed E-state index contributed by atoms with van der Waals surface area (Å²) in [7, 11) is 0. The summed E-state index contributed by atoms with van der Waals surface area (Å²) in [6.45, 7) is 0. The molecule has 1 aromatic carbocycles. The van der Waals surface area contributed by atoms with E-state index in [4.69, 9.17) is 11.6 Å². The second-order valence-corrected chi connectivity index (χ2v) is 4.49. The van der Waals surface area contributed by atoms with Crippen molar-refractivity contribution in [2.24, 2.45) is 0 Å². The van der Waals surface area contributed by atoms with Gasteiger partial charge in [0, 0.05) is 11.6 Å². The smallest absolute Gasteiger partial charge is 0.298 e. The van der Waals surface area contributed by atoms with Gasteiger partial charge in [0.2, 0.25) is 0 Å². The van der Waals surface area contributed by atoms with E-state index in [9.17, 15) is 14.9 Å². The zero-order valence-corrected chi connectivity index (χ0v) is 10.4. The van der Waals surface area contributed by atoms with Gasteiger partial charge in [0.25, 0.3) is 5.91 Å². The molecule has 0 atom stereocenters. The van der Waals surface area contributed by atoms with Crippen LogP contribution in [0.5, 0.6) is 0 Å². The van der Waals surface area contributed by atoms with E-state index in [1.807, 2.05) is 0 Å². The number of amides is 1. The Morgan fingerprint density at radius 3 is 2.89 bits per heavy atom. The van der Waals surface area contributed by atoms with Gasteiger partial charge in [-0.3, -0.25) is 20.2 Å². The zero-order chi connectivity index (χ0) is 13.1. The van der Waals surface area contributed by atoms with E-state index in [1.54, 1.807) is 5.38 Å². The fourth-order valence-corrected chi connectivity index (χ4v) is 2.10. The molecule has 2 aromatic rings. The highest BCUT2D eigenvalue weighted by Gasteiger charge is 2.23. The quantitative estimate of drug-likeness (QED) is 0.693. The highest BCUT2D eigenvalue weighted by atomic mass is 35.5. The maximum atomic E-state index is 11.9. The third-order valence-corrected chi connectivity index (χ3v) is 3.06. The number of aromatic nitrogens is 1. The minimum Gasteiger partial charge on any atom is -0.298 e. The van der Waals surface area contributed by atoms with Gasteiger partial charge in [0.1, 0.15) is 10.6 Å². The standard InChI is InChI=1S/C10H6ClN3O3S/c11-7-3-1-2-6(8(7)14(16)17)9(15)13-10-12-4-5-18-10/h1-5H,(H,12,13,15). The molecule has 0 radical (unpaired) electrons. The van der Waals surface area contributed by atoms with Gasteiger partial charge < -0.3 is 0 Å². The van der Waals surface area contributed by atoms with Gasteiger partial charge in [0.15, 0.2) is 5.13 Å². The minimum atomic E-state index is -0.681. The molecule has 6 nitrogen and oxygen atoms in total. The summed E-state index contributed by atoms with van der Waals surface area (Å²) < 4.78 is 0. The number of halogens is 1. The van der Waals surface area contributed by atoms with Gasteiger partial charge in [-0.15, -0.1) is 11.3 Å². The second-order valence-electron chi connectivity index (χ2n) is 3.18. The van der Waals surface area contributed by atoms with Crippen LogP contribution in [0.15, 0.2) is 29.8 Å². The lowest BCUT2D eigenvalue weighted by molar-refractivity contribution is -0.385. The first-order valence-corrected chi connectivity index (χ1v) is 5.99. The van der Waals surface area contributed by atoms with Crippen LogP contribution in [0.25, 0.3) is 0 Å². The van der Waals surface area contributed by atoms with Crippen molar-refractivity contribution < 1.29 is 9.72 Å². The van der Waals surface area contributed by atoms with Crippen LogP contribution in [-0.4, -0.2) is 15.8 Å². The maximum Gasteiger partial charge on any atom is 0.300 e. The molecule has 0 unspecified atom stereocenters. The molecule has 0 bridgehead atoms. The Bertz CT molecular complexity index is 600. The molecule has 0 aliphatic heterocycles. The first-order valence-electron chi connectivity index (χ1n) is 4.73. The normalized spacial score (nSPS) is 10.1. The molecule has 0 saturated carbocycles. The third-order valence-electron chi connectivity index (χ3n) is 2.07. The van der Waals surface area contributed by atoms with Gasteiger partial charge in [-0.1, -0.05) is 17.7 Å². The van der Waals surface area contributed by atoms with Crippen molar-refractivity contribution >= 4 is 39.7 Å². The first kappa shape index (κ1) is 12.5. The van der Waals surface area contributed by atoms with Crippen molar-refractivity contribution in [3.63, 3.8) is 0 Å². The Kier molecular flexibility index (Phi) is 3.54. The molecule has 92 valence electrons. The van der Waals surface area contributed by atoms with Gasteiger partial charge in [-0.25, -0.2) is 4.98 Å². The Balaban J connectivity index is 2.36. The highest BCUT2D eigenvalue weighted by Crippen LogP contribution is 2.28. The lowest BCUT2D eigenvalue weighted by Gasteiger charge is -2.03. The molecule has 1 aromatic heterocycles. The Hall–Kier alpha value is -1.99. The summed E-state index contributed by atoms with van der Waals surface area (Å²) in [6.07, 6.45) is 1.52. The van der Waals surface area contributed by atoms with Crippen LogP contribution < -0.4 is 5.32 Å². The van der Waals surface area contributed by atoms with E-state index >= 15 is 0 Å². The molecule has 1 amide bonds. The van der Waals surface area contributed by atoms with Crippen LogP contribution in [0.2, 0.25) is 5.02 Å². The van der Waals surface area contributed by atoms with Crippen molar-refractivity contribution in [1.29, 1.82) is 0 Å². The lowest BCUT2D eigenvalue weighted by atomic mass is 10.1. The molecule has 0 aliphatic carbocycles.